The molecule has 1 fully saturated rings. The van der Waals surface area contributed by atoms with E-state index in [1.807, 2.05) is 57.2 Å². The molecule has 2 heterocycles. The Morgan fingerprint density at radius 2 is 1.72 bits per heavy atom. The van der Waals surface area contributed by atoms with Gasteiger partial charge in [0.25, 0.3) is 5.91 Å². The second-order valence-corrected chi connectivity index (χ2v) is 7.77. The Bertz CT molecular complexity index is 1100. The third-order valence-corrected chi connectivity index (χ3v) is 5.39. The van der Waals surface area contributed by atoms with E-state index in [4.69, 9.17) is 4.42 Å². The lowest BCUT2D eigenvalue weighted by atomic mass is 9.91. The quantitative estimate of drug-likeness (QED) is 0.678. The topological polar surface area (TPSA) is 75.4 Å². The number of aryl methyl sites for hydroxylation is 3. The van der Waals surface area contributed by atoms with E-state index in [0.717, 1.165) is 27.8 Å². The minimum absolute atomic E-state index is 0.0561. The maximum atomic E-state index is 13.1. The maximum absolute atomic E-state index is 13.1. The summed E-state index contributed by atoms with van der Waals surface area (Å²) in [5.41, 5.74) is 4.38. The van der Waals surface area contributed by atoms with Crippen molar-refractivity contribution < 1.29 is 14.0 Å². The SMILES string of the molecule is Cc1ccc([C@@]2(C)NC(=O)N(Cc3coc(-c4ccc(C)cc4C)n3)C2=O)cc1. The number of nitrogens with one attached hydrogen (secondary N) is 1. The second-order valence-electron chi connectivity index (χ2n) is 7.77. The summed E-state index contributed by atoms with van der Waals surface area (Å²) < 4.78 is 5.62. The van der Waals surface area contributed by atoms with Crippen molar-refractivity contribution in [2.24, 2.45) is 0 Å². The summed E-state index contributed by atoms with van der Waals surface area (Å²) in [6.45, 7) is 7.78. The van der Waals surface area contributed by atoms with Crippen LogP contribution in [0.2, 0.25) is 0 Å². The van der Waals surface area contributed by atoms with Crippen molar-refractivity contribution in [3.05, 3.63) is 76.7 Å². The molecule has 3 aromatic rings. The van der Waals surface area contributed by atoms with Crippen LogP contribution < -0.4 is 5.32 Å². The van der Waals surface area contributed by atoms with Gasteiger partial charge in [0.2, 0.25) is 5.89 Å². The molecule has 148 valence electrons. The molecule has 1 atom stereocenters. The largest absolute Gasteiger partial charge is 0.444 e. The Morgan fingerprint density at radius 3 is 2.41 bits per heavy atom. The molecule has 1 N–H and O–H groups in total. The van der Waals surface area contributed by atoms with Gasteiger partial charge in [-0.05, 0) is 44.9 Å². The van der Waals surface area contributed by atoms with E-state index in [2.05, 4.69) is 16.4 Å². The number of rotatable bonds is 4. The molecule has 1 aromatic heterocycles. The zero-order chi connectivity index (χ0) is 20.8. The van der Waals surface area contributed by atoms with E-state index >= 15 is 0 Å². The van der Waals surface area contributed by atoms with Gasteiger partial charge >= 0.3 is 6.03 Å². The van der Waals surface area contributed by atoms with Crippen molar-refractivity contribution in [1.82, 2.24) is 15.2 Å². The lowest BCUT2D eigenvalue weighted by Gasteiger charge is -2.22. The van der Waals surface area contributed by atoms with Gasteiger partial charge in [-0.25, -0.2) is 9.78 Å². The average molecular weight is 389 g/mol. The molecule has 0 saturated carbocycles. The third kappa shape index (κ3) is 3.31. The molecule has 1 saturated heterocycles. The van der Waals surface area contributed by atoms with Crippen LogP contribution in [-0.2, 0) is 16.9 Å². The predicted molar refractivity (Wildman–Crippen MR) is 109 cm³/mol. The monoisotopic (exact) mass is 389 g/mol. The van der Waals surface area contributed by atoms with E-state index in [1.165, 1.54) is 11.2 Å². The summed E-state index contributed by atoms with van der Waals surface area (Å²) in [5, 5.41) is 2.82. The number of hydrogen-bond acceptors (Lipinski definition) is 4. The molecule has 1 aliphatic rings. The lowest BCUT2D eigenvalue weighted by molar-refractivity contribution is -0.131. The first-order valence-electron chi connectivity index (χ1n) is 9.51. The van der Waals surface area contributed by atoms with Gasteiger partial charge in [-0.2, -0.15) is 0 Å². The number of carbonyl (C=O) groups excluding carboxylic acids is 2. The number of nitrogens with zero attached hydrogens (tertiary/aromatic N) is 2. The van der Waals surface area contributed by atoms with Crippen LogP contribution >= 0.6 is 0 Å². The number of benzene rings is 2. The Hall–Kier alpha value is -3.41. The molecule has 2 aromatic carbocycles. The molecule has 0 unspecified atom stereocenters. The highest BCUT2D eigenvalue weighted by molar-refractivity contribution is 6.07. The van der Waals surface area contributed by atoms with Crippen molar-refractivity contribution in [1.29, 1.82) is 0 Å². The van der Waals surface area contributed by atoms with Crippen LogP contribution in [0.25, 0.3) is 11.5 Å². The number of imide groups is 1. The van der Waals surface area contributed by atoms with Crippen LogP contribution in [0.3, 0.4) is 0 Å². The molecule has 6 nitrogen and oxygen atoms in total. The second kappa shape index (κ2) is 6.88. The van der Waals surface area contributed by atoms with Crippen LogP contribution in [0.1, 0.15) is 34.9 Å². The van der Waals surface area contributed by atoms with Crippen LogP contribution in [0.5, 0.6) is 0 Å². The summed E-state index contributed by atoms with van der Waals surface area (Å²) in [4.78, 5) is 31.3. The van der Waals surface area contributed by atoms with Gasteiger partial charge in [0.15, 0.2) is 0 Å². The van der Waals surface area contributed by atoms with Gasteiger partial charge in [0, 0.05) is 5.56 Å². The molecule has 6 heteroatoms. The standard InChI is InChI=1S/C23H23N3O3/c1-14-5-8-17(9-6-14)23(4)21(27)26(22(28)25-23)12-18-13-29-20(24-18)19-10-7-15(2)11-16(19)3/h5-11,13H,12H2,1-4H3,(H,25,28)/t23-/m1/s1. The van der Waals surface area contributed by atoms with Gasteiger partial charge in [0.05, 0.1) is 12.2 Å². The number of amides is 3. The summed E-state index contributed by atoms with van der Waals surface area (Å²) in [5.74, 6) is 0.174. The molecule has 4 rings (SSSR count). The zero-order valence-electron chi connectivity index (χ0n) is 16.9. The van der Waals surface area contributed by atoms with Crippen LogP contribution in [0.15, 0.2) is 53.1 Å². The van der Waals surface area contributed by atoms with Crippen LogP contribution in [-0.4, -0.2) is 21.8 Å². The first-order valence-corrected chi connectivity index (χ1v) is 9.51. The van der Waals surface area contributed by atoms with Crippen LogP contribution in [0.4, 0.5) is 4.79 Å². The van der Waals surface area contributed by atoms with Crippen LogP contribution in [0, 0.1) is 20.8 Å². The molecular weight excluding hydrogens is 366 g/mol. The zero-order valence-corrected chi connectivity index (χ0v) is 16.9. The molecular formula is C23H23N3O3. The number of urea groups is 1. The molecule has 29 heavy (non-hydrogen) atoms. The van der Waals surface area contributed by atoms with Gasteiger partial charge in [-0.3, -0.25) is 9.69 Å². The summed E-state index contributed by atoms with van der Waals surface area (Å²) in [7, 11) is 0. The molecule has 0 bridgehead atoms. The Morgan fingerprint density at radius 1 is 1.03 bits per heavy atom. The Kier molecular flexibility index (Phi) is 4.49. The highest BCUT2D eigenvalue weighted by Crippen LogP contribution is 2.30. The first-order chi connectivity index (χ1) is 13.8. The summed E-state index contributed by atoms with van der Waals surface area (Å²) in [6.07, 6.45) is 1.50. The fraction of sp³-hybridized carbons (Fsp3) is 0.261. The number of carbonyl (C=O) groups is 2. The first kappa shape index (κ1) is 18.9. The normalized spacial score (nSPS) is 19.0. The number of oxazole rings is 1. The van der Waals surface area contributed by atoms with E-state index in [1.54, 1.807) is 6.92 Å². The van der Waals surface area contributed by atoms with Crippen molar-refractivity contribution >= 4 is 11.9 Å². The Labute approximate surface area is 169 Å². The fourth-order valence-electron chi connectivity index (χ4n) is 3.64. The van der Waals surface area contributed by atoms with E-state index in [-0.39, 0.29) is 12.5 Å². The third-order valence-electron chi connectivity index (χ3n) is 5.39. The smallest absolute Gasteiger partial charge is 0.325 e. The van der Waals surface area contributed by atoms with Gasteiger partial charge in [-0.1, -0.05) is 47.5 Å². The highest BCUT2D eigenvalue weighted by atomic mass is 16.3. The van der Waals surface area contributed by atoms with E-state index < -0.39 is 11.6 Å². The van der Waals surface area contributed by atoms with Gasteiger partial charge in [-0.15, -0.1) is 0 Å². The number of aromatic nitrogens is 1. The van der Waals surface area contributed by atoms with Gasteiger partial charge < -0.3 is 9.73 Å². The minimum Gasteiger partial charge on any atom is -0.444 e. The Balaban J connectivity index is 1.57. The van der Waals surface area contributed by atoms with Gasteiger partial charge in [0.1, 0.15) is 11.8 Å². The average Bonchev–Trinajstić information content (AvgIpc) is 3.21. The molecule has 0 radical (unpaired) electrons. The lowest BCUT2D eigenvalue weighted by Crippen LogP contribution is -2.40. The van der Waals surface area contributed by atoms with Crippen molar-refractivity contribution in [3.63, 3.8) is 0 Å². The van der Waals surface area contributed by atoms with Crippen molar-refractivity contribution in [2.45, 2.75) is 39.8 Å². The fourth-order valence-corrected chi connectivity index (χ4v) is 3.64. The maximum Gasteiger partial charge on any atom is 0.325 e. The predicted octanol–water partition coefficient (Wildman–Crippen LogP) is 4.23. The van der Waals surface area contributed by atoms with E-state index in [9.17, 15) is 9.59 Å². The van der Waals surface area contributed by atoms with E-state index in [0.29, 0.717) is 11.6 Å². The molecule has 0 spiro atoms. The summed E-state index contributed by atoms with van der Waals surface area (Å²) >= 11 is 0. The molecule has 1 aliphatic heterocycles. The highest BCUT2D eigenvalue weighted by Gasteiger charge is 2.49. The molecule has 3 amide bonds. The minimum atomic E-state index is -1.09. The summed E-state index contributed by atoms with van der Waals surface area (Å²) in [6, 6.07) is 13.2. The van der Waals surface area contributed by atoms with Crippen molar-refractivity contribution in [2.75, 3.05) is 0 Å². The van der Waals surface area contributed by atoms with Crippen molar-refractivity contribution in [3.8, 4) is 11.5 Å². The molecule has 0 aliphatic carbocycles. The number of hydrogen-bond donors (Lipinski definition) is 1.